The molecular weight excluding hydrogens is 268 g/mol. The van der Waals surface area contributed by atoms with Gasteiger partial charge in [0.05, 0.1) is 0 Å². The van der Waals surface area contributed by atoms with Gasteiger partial charge in [0, 0.05) is 19.0 Å². The van der Waals surface area contributed by atoms with Crippen LogP contribution in [-0.4, -0.2) is 30.2 Å². The predicted molar refractivity (Wildman–Crippen MR) is 85.1 cm³/mol. The summed E-state index contributed by atoms with van der Waals surface area (Å²) in [5.41, 5.74) is -0.464. The standard InChI is InChI=1S/C16H30N2O3/c1-6-7-11-14(19)18-13(2)10-8-9-12-17-15(20)21-16(3,4)5/h6,13H,1,7-12H2,2-5H3,(H,17,20)(H,18,19). The highest BCUT2D eigenvalue weighted by Crippen LogP contribution is 2.06. The number of amides is 2. The summed E-state index contributed by atoms with van der Waals surface area (Å²) in [5, 5.41) is 5.67. The summed E-state index contributed by atoms with van der Waals surface area (Å²) in [6.07, 6.45) is 5.27. The average molecular weight is 298 g/mol. The van der Waals surface area contributed by atoms with E-state index in [1.807, 2.05) is 27.7 Å². The van der Waals surface area contributed by atoms with Gasteiger partial charge >= 0.3 is 6.09 Å². The van der Waals surface area contributed by atoms with Crippen LogP contribution in [0.2, 0.25) is 0 Å². The lowest BCUT2D eigenvalue weighted by Gasteiger charge is -2.19. The molecule has 0 fully saturated rings. The van der Waals surface area contributed by atoms with E-state index in [0.717, 1.165) is 19.3 Å². The van der Waals surface area contributed by atoms with Gasteiger partial charge in [0.25, 0.3) is 0 Å². The number of rotatable bonds is 9. The van der Waals surface area contributed by atoms with Crippen molar-refractivity contribution in [3.05, 3.63) is 12.7 Å². The van der Waals surface area contributed by atoms with E-state index < -0.39 is 5.60 Å². The first-order valence-electron chi connectivity index (χ1n) is 7.61. The summed E-state index contributed by atoms with van der Waals surface area (Å²) in [6.45, 7) is 11.7. The normalized spacial score (nSPS) is 12.4. The zero-order chi connectivity index (χ0) is 16.3. The first-order valence-corrected chi connectivity index (χ1v) is 7.61. The number of hydrogen-bond donors (Lipinski definition) is 2. The molecule has 0 aliphatic carbocycles. The molecule has 0 bridgehead atoms. The number of carbonyl (C=O) groups is 2. The minimum Gasteiger partial charge on any atom is -0.444 e. The molecule has 0 rings (SSSR count). The zero-order valence-corrected chi connectivity index (χ0v) is 13.8. The van der Waals surface area contributed by atoms with Crippen LogP contribution in [0.5, 0.6) is 0 Å². The highest BCUT2D eigenvalue weighted by Gasteiger charge is 2.15. The SMILES string of the molecule is C=CCCC(=O)NC(C)CCCCNC(=O)OC(C)(C)C. The van der Waals surface area contributed by atoms with Crippen molar-refractivity contribution in [2.75, 3.05) is 6.54 Å². The van der Waals surface area contributed by atoms with E-state index in [9.17, 15) is 9.59 Å². The fraction of sp³-hybridized carbons (Fsp3) is 0.750. The molecule has 0 saturated carbocycles. The highest BCUT2D eigenvalue weighted by molar-refractivity contribution is 5.76. The molecule has 2 amide bonds. The second-order valence-corrected chi connectivity index (χ2v) is 6.22. The first kappa shape index (κ1) is 19.5. The van der Waals surface area contributed by atoms with Crippen LogP contribution in [0.3, 0.4) is 0 Å². The molecule has 1 atom stereocenters. The Morgan fingerprint density at radius 2 is 1.95 bits per heavy atom. The lowest BCUT2D eigenvalue weighted by atomic mass is 10.1. The van der Waals surface area contributed by atoms with E-state index in [2.05, 4.69) is 17.2 Å². The first-order chi connectivity index (χ1) is 9.74. The third-order valence-corrected chi connectivity index (χ3v) is 2.72. The van der Waals surface area contributed by atoms with Gasteiger partial charge in [-0.15, -0.1) is 6.58 Å². The Labute approximate surface area is 128 Å². The molecule has 0 saturated heterocycles. The molecule has 1 unspecified atom stereocenters. The molecule has 0 aliphatic heterocycles. The van der Waals surface area contributed by atoms with E-state index in [0.29, 0.717) is 19.4 Å². The van der Waals surface area contributed by atoms with E-state index in [-0.39, 0.29) is 18.0 Å². The molecule has 5 heteroatoms. The third-order valence-electron chi connectivity index (χ3n) is 2.72. The second-order valence-electron chi connectivity index (χ2n) is 6.22. The van der Waals surface area contributed by atoms with Gasteiger partial charge in [0.2, 0.25) is 5.91 Å². The van der Waals surface area contributed by atoms with E-state index >= 15 is 0 Å². The molecule has 0 radical (unpaired) electrons. The van der Waals surface area contributed by atoms with Gasteiger partial charge in [-0.05, 0) is 53.4 Å². The summed E-state index contributed by atoms with van der Waals surface area (Å²) in [5.74, 6) is 0.0641. The van der Waals surface area contributed by atoms with Crippen molar-refractivity contribution in [2.45, 2.75) is 71.4 Å². The van der Waals surface area contributed by atoms with Gasteiger partial charge in [-0.3, -0.25) is 4.79 Å². The van der Waals surface area contributed by atoms with E-state index in [1.165, 1.54) is 0 Å². The molecule has 0 heterocycles. The van der Waals surface area contributed by atoms with Crippen LogP contribution in [0.4, 0.5) is 4.79 Å². The molecule has 0 spiro atoms. The highest BCUT2D eigenvalue weighted by atomic mass is 16.6. The molecule has 5 nitrogen and oxygen atoms in total. The van der Waals surface area contributed by atoms with Crippen molar-refractivity contribution >= 4 is 12.0 Å². The lowest BCUT2D eigenvalue weighted by Crippen LogP contribution is -2.33. The fourth-order valence-corrected chi connectivity index (χ4v) is 1.73. The summed E-state index contributed by atoms with van der Waals surface area (Å²) in [4.78, 5) is 22.9. The number of ether oxygens (including phenoxy) is 1. The minimum atomic E-state index is -0.464. The van der Waals surface area contributed by atoms with Crippen LogP contribution < -0.4 is 10.6 Å². The van der Waals surface area contributed by atoms with Gasteiger partial charge < -0.3 is 15.4 Å². The van der Waals surface area contributed by atoms with Crippen LogP contribution in [0.1, 0.15) is 59.8 Å². The molecular formula is C16H30N2O3. The van der Waals surface area contributed by atoms with Crippen LogP contribution in [0.25, 0.3) is 0 Å². The minimum absolute atomic E-state index is 0.0641. The molecule has 21 heavy (non-hydrogen) atoms. The number of alkyl carbamates (subject to hydrolysis) is 1. The largest absolute Gasteiger partial charge is 0.444 e. The smallest absolute Gasteiger partial charge is 0.407 e. The van der Waals surface area contributed by atoms with Crippen molar-refractivity contribution < 1.29 is 14.3 Å². The topological polar surface area (TPSA) is 67.4 Å². The van der Waals surface area contributed by atoms with E-state index in [4.69, 9.17) is 4.74 Å². The van der Waals surface area contributed by atoms with Crippen molar-refractivity contribution in [2.24, 2.45) is 0 Å². The zero-order valence-electron chi connectivity index (χ0n) is 13.8. The quantitative estimate of drug-likeness (QED) is 0.507. The van der Waals surface area contributed by atoms with Gasteiger partial charge in [-0.2, -0.15) is 0 Å². The third kappa shape index (κ3) is 13.2. The monoisotopic (exact) mass is 298 g/mol. The van der Waals surface area contributed by atoms with Gasteiger partial charge in [0.1, 0.15) is 5.60 Å². The van der Waals surface area contributed by atoms with Crippen molar-refractivity contribution in [1.29, 1.82) is 0 Å². The van der Waals surface area contributed by atoms with Crippen LogP contribution >= 0.6 is 0 Å². The summed E-state index contributed by atoms with van der Waals surface area (Å²) in [6, 6.07) is 0.156. The molecule has 2 N–H and O–H groups in total. The number of allylic oxidation sites excluding steroid dienone is 1. The van der Waals surface area contributed by atoms with Crippen molar-refractivity contribution in [3.63, 3.8) is 0 Å². The molecule has 0 aromatic heterocycles. The Morgan fingerprint density at radius 1 is 1.29 bits per heavy atom. The van der Waals surface area contributed by atoms with Crippen molar-refractivity contribution in [3.8, 4) is 0 Å². The average Bonchev–Trinajstić information content (AvgIpc) is 2.33. The molecule has 122 valence electrons. The lowest BCUT2D eigenvalue weighted by molar-refractivity contribution is -0.121. The van der Waals surface area contributed by atoms with Crippen LogP contribution in [-0.2, 0) is 9.53 Å². The number of carbonyl (C=O) groups excluding carboxylic acids is 2. The Balaban J connectivity index is 3.60. The Bertz CT molecular complexity index is 335. The van der Waals surface area contributed by atoms with Gasteiger partial charge in [-0.1, -0.05) is 6.08 Å². The Kier molecular flexibility index (Phi) is 9.50. The number of hydrogen-bond acceptors (Lipinski definition) is 3. The fourth-order valence-electron chi connectivity index (χ4n) is 1.73. The van der Waals surface area contributed by atoms with Gasteiger partial charge in [0.15, 0.2) is 0 Å². The predicted octanol–water partition coefficient (Wildman–Crippen LogP) is 3.15. The van der Waals surface area contributed by atoms with Crippen LogP contribution in [0, 0.1) is 0 Å². The van der Waals surface area contributed by atoms with Crippen LogP contribution in [0.15, 0.2) is 12.7 Å². The van der Waals surface area contributed by atoms with E-state index in [1.54, 1.807) is 6.08 Å². The maximum absolute atomic E-state index is 11.5. The summed E-state index contributed by atoms with van der Waals surface area (Å²) in [7, 11) is 0. The maximum atomic E-state index is 11.5. The molecule has 0 aliphatic rings. The number of unbranched alkanes of at least 4 members (excludes halogenated alkanes) is 1. The Hall–Kier alpha value is -1.52. The van der Waals surface area contributed by atoms with Gasteiger partial charge in [-0.25, -0.2) is 4.79 Å². The summed E-state index contributed by atoms with van der Waals surface area (Å²) < 4.78 is 5.14. The Morgan fingerprint density at radius 3 is 2.52 bits per heavy atom. The maximum Gasteiger partial charge on any atom is 0.407 e. The second kappa shape index (κ2) is 10.2. The summed E-state index contributed by atoms with van der Waals surface area (Å²) >= 11 is 0. The molecule has 0 aromatic rings. The molecule has 0 aromatic carbocycles. The number of nitrogens with one attached hydrogen (secondary N) is 2. The van der Waals surface area contributed by atoms with Crippen molar-refractivity contribution in [1.82, 2.24) is 10.6 Å².